The first-order chi connectivity index (χ1) is 11.6. The zero-order chi connectivity index (χ0) is 18.8. The predicted octanol–water partition coefficient (Wildman–Crippen LogP) is 3.97. The average molecular weight is 421 g/mol. The van der Waals surface area contributed by atoms with Crippen LogP contribution in [-0.2, 0) is 9.53 Å². The molecule has 0 radical (unpaired) electrons. The molecule has 0 spiro atoms. The van der Waals surface area contributed by atoms with E-state index in [0.29, 0.717) is 24.7 Å². The van der Waals surface area contributed by atoms with Gasteiger partial charge in [-0.2, -0.15) is 13.2 Å². The van der Waals surface area contributed by atoms with Gasteiger partial charge in [0.05, 0.1) is 12.2 Å². The molecule has 1 aliphatic rings. The number of carbonyl (C=O) groups excluding carboxylic acids is 1. The fourth-order valence-electron chi connectivity index (χ4n) is 2.70. The molecule has 4 nitrogen and oxygen atoms in total. The monoisotopic (exact) mass is 420 g/mol. The first-order valence-corrected chi connectivity index (χ1v) is 8.61. The lowest BCUT2D eigenvalue weighted by Crippen LogP contribution is -2.63. The Bertz CT molecular complexity index is 664. The highest BCUT2D eigenvalue weighted by atomic mass is 79.9. The van der Waals surface area contributed by atoms with Crippen molar-refractivity contribution in [3.8, 4) is 0 Å². The number of rotatable bonds is 4. The molecule has 1 N–H and O–H groups in total. The van der Waals surface area contributed by atoms with Crippen LogP contribution in [0.1, 0.15) is 25.3 Å². The van der Waals surface area contributed by atoms with Gasteiger partial charge >= 0.3 is 12.1 Å². The number of hydrogen-bond acceptors (Lipinski definition) is 4. The molecular formula is C17H20BrF3N2O2. The molecule has 1 saturated heterocycles. The van der Waals surface area contributed by atoms with Crippen LogP contribution in [0.4, 0.5) is 18.9 Å². The molecule has 1 aromatic rings. The molecule has 0 saturated carbocycles. The number of esters is 1. The lowest BCUT2D eigenvalue weighted by Gasteiger charge is -2.46. The summed E-state index contributed by atoms with van der Waals surface area (Å²) in [4.78, 5) is 13.1. The summed E-state index contributed by atoms with van der Waals surface area (Å²) >= 11 is 3.48. The maximum absolute atomic E-state index is 12.7. The summed E-state index contributed by atoms with van der Waals surface area (Å²) in [5.41, 5.74) is 0.107. The summed E-state index contributed by atoms with van der Waals surface area (Å²) in [6.07, 6.45) is -3.84. The third-order valence-corrected chi connectivity index (χ3v) is 4.73. The zero-order valence-electron chi connectivity index (χ0n) is 14.0. The number of carbonyl (C=O) groups is 1. The Balaban J connectivity index is 2.42. The highest BCUT2D eigenvalue weighted by Crippen LogP contribution is 2.36. The van der Waals surface area contributed by atoms with Crippen LogP contribution in [0.2, 0.25) is 0 Å². The Hall–Kier alpha value is -1.54. The zero-order valence-corrected chi connectivity index (χ0v) is 15.6. The Morgan fingerprint density at radius 1 is 1.48 bits per heavy atom. The van der Waals surface area contributed by atoms with Crippen LogP contribution in [0.15, 0.2) is 35.3 Å². The highest BCUT2D eigenvalue weighted by Gasteiger charge is 2.49. The minimum atomic E-state index is -5.07. The van der Waals surface area contributed by atoms with Gasteiger partial charge in [-0.3, -0.25) is 0 Å². The number of nitrogens with zero attached hydrogens (tertiary/aromatic N) is 1. The summed E-state index contributed by atoms with van der Waals surface area (Å²) in [7, 11) is 0. The van der Waals surface area contributed by atoms with Crippen molar-refractivity contribution in [3.63, 3.8) is 0 Å². The first kappa shape index (κ1) is 19.8. The summed E-state index contributed by atoms with van der Waals surface area (Å²) < 4.78 is 43.7. The maximum atomic E-state index is 12.7. The molecule has 1 atom stereocenters. The van der Waals surface area contributed by atoms with Gasteiger partial charge in [0.25, 0.3) is 0 Å². The molecule has 0 aliphatic carbocycles. The van der Waals surface area contributed by atoms with E-state index in [2.05, 4.69) is 27.8 Å². The molecule has 8 heteroatoms. The first-order valence-electron chi connectivity index (χ1n) is 7.82. The molecule has 2 rings (SSSR count). The minimum Gasteiger partial charge on any atom is -0.427 e. The normalized spacial score (nSPS) is 21.3. The van der Waals surface area contributed by atoms with Gasteiger partial charge in [-0.05, 0) is 45.6 Å². The Kier molecular flexibility index (Phi) is 5.83. The second-order valence-corrected chi connectivity index (χ2v) is 6.98. The Labute approximate surface area is 153 Å². The van der Waals surface area contributed by atoms with Crippen LogP contribution in [0, 0.1) is 0 Å². The van der Waals surface area contributed by atoms with E-state index in [1.807, 2.05) is 32.0 Å². The molecule has 0 aromatic heterocycles. The molecule has 1 aliphatic heterocycles. The van der Waals surface area contributed by atoms with Gasteiger partial charge in [-0.1, -0.05) is 26.5 Å². The van der Waals surface area contributed by atoms with E-state index >= 15 is 0 Å². The van der Waals surface area contributed by atoms with Crippen LogP contribution in [0.3, 0.4) is 0 Å². The Morgan fingerprint density at radius 3 is 2.68 bits per heavy atom. The van der Waals surface area contributed by atoms with Gasteiger partial charge in [0.2, 0.25) is 5.72 Å². The lowest BCUT2D eigenvalue weighted by atomic mass is 10.0. The second kappa shape index (κ2) is 7.37. The van der Waals surface area contributed by atoms with Crippen molar-refractivity contribution in [1.82, 2.24) is 5.32 Å². The maximum Gasteiger partial charge on any atom is 0.491 e. The van der Waals surface area contributed by atoms with Gasteiger partial charge in [0.1, 0.15) is 0 Å². The molecule has 1 fully saturated rings. The van der Waals surface area contributed by atoms with Gasteiger partial charge in [-0.25, -0.2) is 4.79 Å². The van der Waals surface area contributed by atoms with E-state index in [-0.39, 0.29) is 6.54 Å². The van der Waals surface area contributed by atoms with E-state index in [0.717, 1.165) is 10.0 Å². The number of halogens is 4. The smallest absolute Gasteiger partial charge is 0.427 e. The summed E-state index contributed by atoms with van der Waals surface area (Å²) in [6.45, 7) is 8.60. The molecular weight excluding hydrogens is 401 g/mol. The van der Waals surface area contributed by atoms with Crippen molar-refractivity contribution in [2.75, 3.05) is 24.5 Å². The minimum absolute atomic E-state index is 0.0106. The number of ether oxygens (including phenoxy) is 1. The van der Waals surface area contributed by atoms with E-state index in [4.69, 9.17) is 4.74 Å². The average Bonchev–Trinajstić information content (AvgIpc) is 2.54. The number of anilines is 1. The van der Waals surface area contributed by atoms with Gasteiger partial charge in [0.15, 0.2) is 0 Å². The Morgan fingerprint density at radius 2 is 2.16 bits per heavy atom. The molecule has 138 valence electrons. The largest absolute Gasteiger partial charge is 0.491 e. The molecule has 1 aromatic carbocycles. The van der Waals surface area contributed by atoms with Crippen LogP contribution in [-0.4, -0.2) is 37.5 Å². The number of hydrogen-bond donors (Lipinski definition) is 1. The van der Waals surface area contributed by atoms with E-state index < -0.39 is 17.9 Å². The lowest BCUT2D eigenvalue weighted by molar-refractivity contribution is -0.210. The quantitative estimate of drug-likeness (QED) is 0.590. The third-order valence-electron chi connectivity index (χ3n) is 4.10. The van der Waals surface area contributed by atoms with Gasteiger partial charge in [-0.15, -0.1) is 0 Å². The summed E-state index contributed by atoms with van der Waals surface area (Å²) in [5.74, 6) is -1.93. The number of benzene rings is 1. The molecule has 1 unspecified atom stereocenters. The van der Waals surface area contributed by atoms with Crippen molar-refractivity contribution >= 4 is 27.6 Å². The predicted molar refractivity (Wildman–Crippen MR) is 93.5 cm³/mol. The van der Waals surface area contributed by atoms with E-state index in [1.54, 1.807) is 4.90 Å². The summed E-state index contributed by atoms with van der Waals surface area (Å²) in [5, 5.41) is 2.96. The van der Waals surface area contributed by atoms with Gasteiger partial charge in [0, 0.05) is 17.6 Å². The molecule has 0 amide bonds. The highest BCUT2D eigenvalue weighted by molar-refractivity contribution is 9.10. The van der Waals surface area contributed by atoms with Gasteiger partial charge < -0.3 is 15.0 Å². The van der Waals surface area contributed by atoms with E-state index in [1.165, 1.54) is 6.08 Å². The fraction of sp³-hybridized carbons (Fsp3) is 0.471. The SMILES string of the molecule is C=CC1(OC(=O)C(F)(F)F)CNCCN1c1ccc(C(C)C)cc1Br. The molecule has 1 heterocycles. The molecule has 0 bridgehead atoms. The number of nitrogens with one attached hydrogen (secondary N) is 1. The van der Waals surface area contributed by atoms with Crippen LogP contribution in [0.5, 0.6) is 0 Å². The van der Waals surface area contributed by atoms with Crippen molar-refractivity contribution in [3.05, 3.63) is 40.9 Å². The second-order valence-electron chi connectivity index (χ2n) is 6.13. The van der Waals surface area contributed by atoms with E-state index in [9.17, 15) is 18.0 Å². The number of alkyl halides is 3. The third kappa shape index (κ3) is 4.17. The van der Waals surface area contributed by atoms with Crippen LogP contribution in [0.25, 0.3) is 0 Å². The fourth-order valence-corrected chi connectivity index (χ4v) is 3.31. The topological polar surface area (TPSA) is 41.6 Å². The standard InChI is InChI=1S/C17H20BrF3N2O2/c1-4-16(25-15(24)17(19,20)21)10-22-7-8-23(16)14-6-5-12(11(2)3)9-13(14)18/h4-6,9,11,22H,1,7-8,10H2,2-3H3. The summed E-state index contributed by atoms with van der Waals surface area (Å²) in [6, 6.07) is 5.64. The van der Waals surface area contributed by atoms with Crippen molar-refractivity contribution < 1.29 is 22.7 Å². The number of piperazine rings is 1. The van der Waals surface area contributed by atoms with Crippen LogP contribution < -0.4 is 10.2 Å². The van der Waals surface area contributed by atoms with Crippen molar-refractivity contribution in [2.24, 2.45) is 0 Å². The molecule has 25 heavy (non-hydrogen) atoms. The van der Waals surface area contributed by atoms with Crippen molar-refractivity contribution in [2.45, 2.75) is 31.7 Å². The van der Waals surface area contributed by atoms with Crippen molar-refractivity contribution in [1.29, 1.82) is 0 Å². The van der Waals surface area contributed by atoms with Crippen LogP contribution >= 0.6 is 15.9 Å².